The fourth-order valence-electron chi connectivity index (χ4n) is 1.85. The molecule has 3 N–H and O–H groups in total. The van der Waals surface area contributed by atoms with E-state index in [0.29, 0.717) is 21.5 Å². The Balaban J connectivity index is 1.86. The van der Waals surface area contributed by atoms with Crippen LogP contribution in [0.2, 0.25) is 10.0 Å². The summed E-state index contributed by atoms with van der Waals surface area (Å²) >= 11 is 11.9. The van der Waals surface area contributed by atoms with E-state index < -0.39 is 12.0 Å². The number of ether oxygens (including phenoxy) is 2. The molecular weight excluding hydrogens is 355 g/mol. The van der Waals surface area contributed by atoms with Gasteiger partial charge in [0, 0.05) is 5.69 Å². The number of para-hydroxylation sites is 1. The van der Waals surface area contributed by atoms with Gasteiger partial charge in [0.15, 0.2) is 5.75 Å². The van der Waals surface area contributed by atoms with Crippen LogP contribution >= 0.6 is 23.2 Å². The van der Waals surface area contributed by atoms with Gasteiger partial charge in [-0.15, -0.1) is 0 Å². The third-order valence-electron chi connectivity index (χ3n) is 2.85. The number of hydrogen-bond donors (Lipinski definition) is 2. The van der Waals surface area contributed by atoms with Crippen LogP contribution in [0.4, 0.5) is 10.5 Å². The van der Waals surface area contributed by atoms with Crippen molar-refractivity contribution in [1.29, 1.82) is 0 Å². The van der Waals surface area contributed by atoms with E-state index in [1.807, 2.05) is 0 Å². The predicted molar refractivity (Wildman–Crippen MR) is 91.9 cm³/mol. The topological polar surface area (TPSA) is 90.7 Å². The standard InChI is InChI=1S/C16H14Cl2N2O4/c17-12-5-2-6-13(18)14(12)23-7-8-24-15(21)10-3-1-4-11(9-10)20-16(19)22/h1-6,9H,7-8H2,(H3,19,20,22). The van der Waals surface area contributed by atoms with Crippen molar-refractivity contribution in [3.05, 3.63) is 58.1 Å². The molecule has 0 aliphatic carbocycles. The van der Waals surface area contributed by atoms with Gasteiger partial charge >= 0.3 is 12.0 Å². The summed E-state index contributed by atoms with van der Waals surface area (Å²) in [5.41, 5.74) is 5.70. The minimum absolute atomic E-state index is 0.00780. The molecule has 0 aromatic heterocycles. The van der Waals surface area contributed by atoms with E-state index in [9.17, 15) is 9.59 Å². The lowest BCUT2D eigenvalue weighted by molar-refractivity contribution is 0.0450. The lowest BCUT2D eigenvalue weighted by atomic mass is 10.2. The van der Waals surface area contributed by atoms with Crippen molar-refractivity contribution in [3.63, 3.8) is 0 Å². The molecule has 0 saturated heterocycles. The maximum atomic E-state index is 12.0. The molecule has 2 amide bonds. The van der Waals surface area contributed by atoms with Crippen molar-refractivity contribution in [3.8, 4) is 5.75 Å². The fraction of sp³-hybridized carbons (Fsp3) is 0.125. The Morgan fingerprint density at radius 2 is 1.71 bits per heavy atom. The van der Waals surface area contributed by atoms with Gasteiger partial charge in [0.1, 0.15) is 13.2 Å². The molecule has 126 valence electrons. The second kappa shape index (κ2) is 8.42. The fourth-order valence-corrected chi connectivity index (χ4v) is 2.35. The van der Waals surface area contributed by atoms with Crippen molar-refractivity contribution >= 4 is 40.9 Å². The van der Waals surface area contributed by atoms with Crippen LogP contribution in [0.5, 0.6) is 5.75 Å². The van der Waals surface area contributed by atoms with E-state index >= 15 is 0 Å². The quantitative estimate of drug-likeness (QED) is 0.600. The summed E-state index contributed by atoms with van der Waals surface area (Å²) in [4.78, 5) is 22.8. The molecule has 0 aliphatic rings. The zero-order valence-corrected chi connectivity index (χ0v) is 13.9. The number of primary amides is 1. The van der Waals surface area contributed by atoms with Gasteiger partial charge in [-0.2, -0.15) is 0 Å². The highest BCUT2D eigenvalue weighted by molar-refractivity contribution is 6.37. The van der Waals surface area contributed by atoms with E-state index in [1.165, 1.54) is 6.07 Å². The molecule has 0 heterocycles. The Labute approximate surface area is 148 Å². The molecule has 6 nitrogen and oxygen atoms in total. The molecular formula is C16H14Cl2N2O4. The number of amides is 2. The maximum absolute atomic E-state index is 12.0. The van der Waals surface area contributed by atoms with E-state index in [0.717, 1.165) is 0 Å². The van der Waals surface area contributed by atoms with Crippen molar-refractivity contribution in [2.75, 3.05) is 18.5 Å². The summed E-state index contributed by atoms with van der Waals surface area (Å²) in [5, 5.41) is 3.13. The maximum Gasteiger partial charge on any atom is 0.338 e. The molecule has 0 radical (unpaired) electrons. The summed E-state index contributed by atoms with van der Waals surface area (Å²) < 4.78 is 10.5. The first-order valence-corrected chi connectivity index (χ1v) is 7.63. The van der Waals surface area contributed by atoms with E-state index in [2.05, 4.69) is 5.32 Å². The van der Waals surface area contributed by atoms with Gasteiger partial charge in [-0.05, 0) is 30.3 Å². The Hall–Kier alpha value is -2.44. The molecule has 0 aliphatic heterocycles. The number of carbonyl (C=O) groups is 2. The molecule has 0 saturated carbocycles. The number of benzene rings is 2. The number of urea groups is 1. The largest absolute Gasteiger partial charge is 0.487 e. The Bertz CT molecular complexity index is 732. The molecule has 0 fully saturated rings. The average molecular weight is 369 g/mol. The normalized spacial score (nSPS) is 10.1. The second-order valence-electron chi connectivity index (χ2n) is 4.61. The van der Waals surface area contributed by atoms with E-state index in [4.69, 9.17) is 38.4 Å². The smallest absolute Gasteiger partial charge is 0.338 e. The average Bonchev–Trinajstić information content (AvgIpc) is 2.53. The van der Waals surface area contributed by atoms with Crippen LogP contribution < -0.4 is 15.8 Å². The molecule has 8 heteroatoms. The summed E-state index contributed by atoms with van der Waals surface area (Å²) in [6.07, 6.45) is 0. The van der Waals surface area contributed by atoms with Crippen LogP contribution in [0, 0.1) is 0 Å². The first kappa shape index (κ1) is 17.9. The van der Waals surface area contributed by atoms with Gasteiger partial charge < -0.3 is 20.5 Å². The number of nitrogens with one attached hydrogen (secondary N) is 1. The number of nitrogens with two attached hydrogens (primary N) is 1. The Morgan fingerprint density at radius 1 is 1.04 bits per heavy atom. The van der Waals surface area contributed by atoms with Crippen molar-refractivity contribution < 1.29 is 19.1 Å². The highest BCUT2D eigenvalue weighted by atomic mass is 35.5. The van der Waals surface area contributed by atoms with Gasteiger partial charge in [-0.1, -0.05) is 35.3 Å². The minimum Gasteiger partial charge on any atom is -0.487 e. The zero-order valence-electron chi connectivity index (χ0n) is 12.4. The number of hydrogen-bond acceptors (Lipinski definition) is 4. The third kappa shape index (κ3) is 5.04. The van der Waals surface area contributed by atoms with Crippen LogP contribution in [0.1, 0.15) is 10.4 Å². The Morgan fingerprint density at radius 3 is 2.38 bits per heavy atom. The second-order valence-corrected chi connectivity index (χ2v) is 5.42. The van der Waals surface area contributed by atoms with Gasteiger partial charge in [0.2, 0.25) is 0 Å². The number of halogens is 2. The summed E-state index contributed by atoms with van der Waals surface area (Å²) in [6.45, 7) is 0.0995. The molecule has 0 unspecified atom stereocenters. The van der Waals surface area contributed by atoms with Gasteiger partial charge in [-0.25, -0.2) is 9.59 Å². The first-order chi connectivity index (χ1) is 11.5. The number of esters is 1. The molecule has 24 heavy (non-hydrogen) atoms. The minimum atomic E-state index is -0.717. The van der Waals surface area contributed by atoms with Crippen LogP contribution in [-0.4, -0.2) is 25.2 Å². The van der Waals surface area contributed by atoms with Crippen molar-refractivity contribution in [2.24, 2.45) is 5.73 Å². The van der Waals surface area contributed by atoms with Crippen LogP contribution in [0.15, 0.2) is 42.5 Å². The van der Waals surface area contributed by atoms with Crippen molar-refractivity contribution in [1.82, 2.24) is 0 Å². The monoisotopic (exact) mass is 368 g/mol. The molecule has 0 atom stereocenters. The molecule has 0 spiro atoms. The first-order valence-electron chi connectivity index (χ1n) is 6.88. The van der Waals surface area contributed by atoms with Gasteiger partial charge in [0.25, 0.3) is 0 Å². The third-order valence-corrected chi connectivity index (χ3v) is 3.44. The van der Waals surface area contributed by atoms with Crippen molar-refractivity contribution in [2.45, 2.75) is 0 Å². The van der Waals surface area contributed by atoms with Crippen LogP contribution in [0.3, 0.4) is 0 Å². The van der Waals surface area contributed by atoms with Crippen LogP contribution in [0.25, 0.3) is 0 Å². The molecule has 2 aromatic rings. The van der Waals surface area contributed by atoms with Gasteiger partial charge in [0.05, 0.1) is 15.6 Å². The molecule has 2 aromatic carbocycles. The van der Waals surface area contributed by atoms with Gasteiger partial charge in [-0.3, -0.25) is 0 Å². The molecule has 0 bridgehead atoms. The number of carbonyl (C=O) groups excluding carboxylic acids is 2. The van der Waals surface area contributed by atoms with E-state index in [1.54, 1.807) is 36.4 Å². The van der Waals surface area contributed by atoms with E-state index in [-0.39, 0.29) is 18.8 Å². The summed E-state index contributed by atoms with van der Waals surface area (Å²) in [5.74, 6) is -0.221. The summed E-state index contributed by atoms with van der Waals surface area (Å²) in [6, 6.07) is 10.5. The number of anilines is 1. The summed E-state index contributed by atoms with van der Waals surface area (Å²) in [7, 11) is 0. The zero-order chi connectivity index (χ0) is 17.5. The molecule has 2 rings (SSSR count). The highest BCUT2D eigenvalue weighted by Gasteiger charge is 2.10. The lowest BCUT2D eigenvalue weighted by Gasteiger charge is -2.10. The lowest BCUT2D eigenvalue weighted by Crippen LogP contribution is -2.19. The number of rotatable bonds is 6. The highest BCUT2D eigenvalue weighted by Crippen LogP contribution is 2.32. The van der Waals surface area contributed by atoms with Crippen LogP contribution in [-0.2, 0) is 4.74 Å². The Kier molecular flexibility index (Phi) is 6.28. The predicted octanol–water partition coefficient (Wildman–Crippen LogP) is 3.72. The SMILES string of the molecule is NC(=O)Nc1cccc(C(=O)OCCOc2c(Cl)cccc2Cl)c1.